The number of fused-ring (bicyclic) bond motifs is 1. The number of nitrogens with zero attached hydrogens (tertiary/aromatic N) is 2. The lowest BCUT2D eigenvalue weighted by molar-refractivity contribution is -0.136. The highest BCUT2D eigenvalue weighted by Crippen LogP contribution is 2.32. The Morgan fingerprint density at radius 1 is 0.971 bits per heavy atom. The number of rotatable bonds is 8. The van der Waals surface area contributed by atoms with Crippen LogP contribution in [0.3, 0.4) is 0 Å². The van der Waals surface area contributed by atoms with Crippen LogP contribution in [-0.2, 0) is 32.5 Å². The van der Waals surface area contributed by atoms with E-state index in [4.69, 9.17) is 4.74 Å². The van der Waals surface area contributed by atoms with E-state index in [0.717, 1.165) is 11.1 Å². The molecule has 0 atom stereocenters. The molecule has 35 heavy (non-hydrogen) atoms. The average molecular weight is 493 g/mol. The maximum absolute atomic E-state index is 13.3. The Morgan fingerprint density at radius 3 is 2.43 bits per heavy atom. The fraction of sp³-hybridized carbons (Fsp3) is 0.259. The Kier molecular flexibility index (Phi) is 7.21. The first-order chi connectivity index (χ1) is 16.8. The maximum Gasteiger partial charge on any atom is 0.338 e. The van der Waals surface area contributed by atoms with Crippen LogP contribution in [0.4, 0.5) is 5.69 Å². The van der Waals surface area contributed by atoms with Crippen LogP contribution in [0.1, 0.15) is 35.3 Å². The van der Waals surface area contributed by atoms with E-state index in [1.165, 1.54) is 28.6 Å². The summed E-state index contributed by atoms with van der Waals surface area (Å²) in [5, 5.41) is 0. The van der Waals surface area contributed by atoms with Crippen molar-refractivity contribution in [2.75, 3.05) is 17.5 Å². The first-order valence-corrected chi connectivity index (χ1v) is 12.9. The molecule has 0 saturated carbocycles. The maximum atomic E-state index is 13.3. The van der Waals surface area contributed by atoms with Crippen molar-refractivity contribution in [3.63, 3.8) is 0 Å². The zero-order chi connectivity index (χ0) is 25.0. The van der Waals surface area contributed by atoms with Gasteiger partial charge in [0, 0.05) is 19.1 Å². The molecule has 1 aliphatic rings. The Labute approximate surface area is 206 Å². The molecule has 1 amide bonds. The summed E-state index contributed by atoms with van der Waals surface area (Å²) in [6, 6.07) is 22.6. The van der Waals surface area contributed by atoms with Crippen LogP contribution in [0.5, 0.6) is 0 Å². The molecule has 3 aromatic rings. The van der Waals surface area contributed by atoms with Gasteiger partial charge in [0.15, 0.2) is 6.61 Å². The fourth-order valence-corrected chi connectivity index (χ4v) is 5.65. The minimum Gasteiger partial charge on any atom is -0.452 e. The number of ether oxygens (including phenoxy) is 1. The summed E-state index contributed by atoms with van der Waals surface area (Å²) in [7, 11) is -3.85. The van der Waals surface area contributed by atoms with Crippen molar-refractivity contribution in [1.29, 1.82) is 0 Å². The average Bonchev–Trinajstić information content (AvgIpc) is 3.31. The van der Waals surface area contributed by atoms with Crippen LogP contribution in [-0.4, -0.2) is 44.4 Å². The van der Waals surface area contributed by atoms with Crippen LogP contribution in [0, 0.1) is 0 Å². The molecule has 4 rings (SSSR count). The number of amides is 1. The lowest BCUT2D eigenvalue weighted by atomic mass is 10.2. The van der Waals surface area contributed by atoms with Gasteiger partial charge < -0.3 is 9.64 Å². The van der Waals surface area contributed by atoms with Gasteiger partial charge in [0.05, 0.1) is 16.1 Å². The second-order valence-electron chi connectivity index (χ2n) is 8.66. The van der Waals surface area contributed by atoms with E-state index < -0.39 is 22.6 Å². The first-order valence-electron chi connectivity index (χ1n) is 11.5. The zero-order valence-corrected chi connectivity index (χ0v) is 20.6. The minimum absolute atomic E-state index is 0.00265. The molecule has 0 bridgehead atoms. The number of esters is 1. The van der Waals surface area contributed by atoms with Crippen LogP contribution in [0.15, 0.2) is 83.8 Å². The molecule has 0 aliphatic carbocycles. The van der Waals surface area contributed by atoms with Gasteiger partial charge in [-0.1, -0.05) is 54.6 Å². The van der Waals surface area contributed by atoms with Gasteiger partial charge in [0.25, 0.3) is 15.9 Å². The van der Waals surface area contributed by atoms with Crippen molar-refractivity contribution in [3.05, 3.63) is 95.6 Å². The summed E-state index contributed by atoms with van der Waals surface area (Å²) < 4.78 is 33.2. The summed E-state index contributed by atoms with van der Waals surface area (Å²) in [5.41, 5.74) is 2.67. The third-order valence-electron chi connectivity index (χ3n) is 5.97. The number of benzene rings is 3. The number of sulfonamides is 1. The molecule has 3 aromatic carbocycles. The normalized spacial score (nSPS) is 12.9. The largest absolute Gasteiger partial charge is 0.452 e. The molecule has 7 nitrogen and oxygen atoms in total. The van der Waals surface area contributed by atoms with Crippen molar-refractivity contribution >= 4 is 27.6 Å². The van der Waals surface area contributed by atoms with Gasteiger partial charge in [0.2, 0.25) is 0 Å². The number of hydrogen-bond donors (Lipinski definition) is 0. The van der Waals surface area contributed by atoms with Gasteiger partial charge >= 0.3 is 5.97 Å². The molecule has 8 heteroatoms. The van der Waals surface area contributed by atoms with Gasteiger partial charge in [-0.15, -0.1) is 0 Å². The standard InChI is InChI=1S/C27H28N2O5S/c1-20(2)28(18-21-9-4-3-5-10-21)26(30)19-34-27(31)23-12-8-13-24(17-23)35(32,33)29-16-15-22-11-6-7-14-25(22)29/h3-14,17,20H,15-16,18-19H2,1-2H3. The van der Waals surface area contributed by atoms with E-state index in [9.17, 15) is 18.0 Å². The van der Waals surface area contributed by atoms with E-state index in [-0.39, 0.29) is 22.4 Å². The molecule has 0 aromatic heterocycles. The topological polar surface area (TPSA) is 84.0 Å². The van der Waals surface area contributed by atoms with Crippen LogP contribution in [0.2, 0.25) is 0 Å². The van der Waals surface area contributed by atoms with Crippen molar-refractivity contribution in [2.24, 2.45) is 0 Å². The Morgan fingerprint density at radius 2 is 1.69 bits per heavy atom. The third kappa shape index (κ3) is 5.38. The molecule has 1 heterocycles. The Bertz CT molecular complexity index is 1320. The molecule has 1 aliphatic heterocycles. The van der Waals surface area contributed by atoms with Crippen molar-refractivity contribution in [1.82, 2.24) is 4.90 Å². The second kappa shape index (κ2) is 10.3. The minimum atomic E-state index is -3.85. The van der Waals surface area contributed by atoms with Gasteiger partial charge in [0.1, 0.15) is 0 Å². The quantitative estimate of drug-likeness (QED) is 0.443. The summed E-state index contributed by atoms with van der Waals surface area (Å²) in [5.74, 6) is -1.07. The molecule has 0 N–H and O–H groups in total. The molecular formula is C27H28N2O5S. The lowest BCUT2D eigenvalue weighted by Gasteiger charge is -2.26. The van der Waals surface area contributed by atoms with E-state index in [0.29, 0.717) is 25.2 Å². The number of carbonyl (C=O) groups is 2. The van der Waals surface area contributed by atoms with Gasteiger partial charge in [-0.3, -0.25) is 9.10 Å². The van der Waals surface area contributed by atoms with Gasteiger partial charge in [-0.25, -0.2) is 13.2 Å². The summed E-state index contributed by atoms with van der Waals surface area (Å²) in [6.07, 6.45) is 0.634. The summed E-state index contributed by atoms with van der Waals surface area (Å²) in [6.45, 7) is 4.11. The van der Waals surface area contributed by atoms with E-state index in [2.05, 4.69) is 0 Å². The first kappa shape index (κ1) is 24.5. The van der Waals surface area contributed by atoms with E-state index >= 15 is 0 Å². The highest BCUT2D eigenvalue weighted by atomic mass is 32.2. The Hall–Kier alpha value is -3.65. The second-order valence-corrected chi connectivity index (χ2v) is 10.5. The summed E-state index contributed by atoms with van der Waals surface area (Å²) in [4.78, 5) is 27.1. The highest BCUT2D eigenvalue weighted by molar-refractivity contribution is 7.92. The predicted molar refractivity (Wildman–Crippen MR) is 134 cm³/mol. The SMILES string of the molecule is CC(C)N(Cc1ccccc1)C(=O)COC(=O)c1cccc(S(=O)(=O)N2CCc3ccccc32)c1. The molecule has 0 unspecified atom stereocenters. The molecule has 182 valence electrons. The highest BCUT2D eigenvalue weighted by Gasteiger charge is 2.31. The monoisotopic (exact) mass is 492 g/mol. The third-order valence-corrected chi connectivity index (χ3v) is 7.78. The summed E-state index contributed by atoms with van der Waals surface area (Å²) >= 11 is 0. The number of anilines is 1. The number of para-hydroxylation sites is 1. The van der Waals surface area contributed by atoms with Crippen molar-refractivity contribution in [3.8, 4) is 0 Å². The molecule has 0 saturated heterocycles. The molecular weight excluding hydrogens is 464 g/mol. The van der Waals surface area contributed by atoms with Crippen LogP contribution in [0.25, 0.3) is 0 Å². The van der Waals surface area contributed by atoms with Crippen LogP contribution >= 0.6 is 0 Å². The smallest absolute Gasteiger partial charge is 0.338 e. The molecule has 0 fully saturated rings. The van der Waals surface area contributed by atoms with E-state index in [1.54, 1.807) is 17.0 Å². The fourth-order valence-electron chi connectivity index (χ4n) is 4.10. The predicted octanol–water partition coefficient (Wildman–Crippen LogP) is 4.03. The van der Waals surface area contributed by atoms with Gasteiger partial charge in [-0.2, -0.15) is 0 Å². The van der Waals surface area contributed by atoms with Crippen molar-refractivity contribution in [2.45, 2.75) is 37.8 Å². The molecule has 0 radical (unpaired) electrons. The van der Waals surface area contributed by atoms with Crippen LogP contribution < -0.4 is 4.31 Å². The number of carbonyl (C=O) groups excluding carboxylic acids is 2. The lowest BCUT2D eigenvalue weighted by Crippen LogP contribution is -2.39. The van der Waals surface area contributed by atoms with E-state index in [1.807, 2.05) is 56.3 Å². The van der Waals surface area contributed by atoms with Crippen molar-refractivity contribution < 1.29 is 22.7 Å². The Balaban J connectivity index is 1.45. The zero-order valence-electron chi connectivity index (χ0n) is 19.8. The van der Waals surface area contributed by atoms with Gasteiger partial charge in [-0.05, 0) is 55.7 Å². The molecule has 0 spiro atoms. The number of hydrogen-bond acceptors (Lipinski definition) is 5.